The van der Waals surface area contributed by atoms with Crippen LogP contribution < -0.4 is 0 Å². The molecule has 0 heterocycles. The van der Waals surface area contributed by atoms with E-state index in [4.69, 9.17) is 10.1 Å². The third kappa shape index (κ3) is 2.10. The van der Waals surface area contributed by atoms with Crippen LogP contribution in [0.15, 0.2) is 12.3 Å². The molecule has 0 fully saturated rings. The van der Waals surface area contributed by atoms with Crippen molar-refractivity contribution in [1.82, 2.24) is 0 Å². The van der Waals surface area contributed by atoms with Crippen LogP contribution in [0.2, 0.25) is 0 Å². The summed E-state index contributed by atoms with van der Waals surface area (Å²) in [4.78, 5) is 8.22. The second-order valence-corrected chi connectivity index (χ2v) is 2.20. The molecule has 0 spiro atoms. The summed E-state index contributed by atoms with van der Waals surface area (Å²) >= 11 is 0. The fraction of sp³-hybridized carbons (Fsp3) is 0. The highest BCUT2D eigenvalue weighted by Gasteiger charge is 1.95. The SMILES string of the molecule is C=C[SiH](O)OO. The molecule has 36 valence electrons. The highest BCUT2D eigenvalue weighted by atomic mass is 28.3. The minimum Gasteiger partial charge on any atom is -0.408 e. The molecule has 0 aromatic heterocycles. The van der Waals surface area contributed by atoms with Gasteiger partial charge in [0.1, 0.15) is 0 Å². The monoisotopic (exact) mass is 106 g/mol. The van der Waals surface area contributed by atoms with E-state index < -0.39 is 9.28 Å². The van der Waals surface area contributed by atoms with Crippen molar-refractivity contribution in [3.8, 4) is 0 Å². The van der Waals surface area contributed by atoms with Crippen molar-refractivity contribution in [3.63, 3.8) is 0 Å². The summed E-state index contributed by atoms with van der Waals surface area (Å²) in [5.41, 5.74) is 1.19. The van der Waals surface area contributed by atoms with Gasteiger partial charge in [0.15, 0.2) is 0 Å². The van der Waals surface area contributed by atoms with Crippen molar-refractivity contribution in [1.29, 1.82) is 0 Å². The van der Waals surface area contributed by atoms with Gasteiger partial charge in [0.25, 0.3) is 0 Å². The molecule has 0 amide bonds. The fourth-order valence-electron chi connectivity index (χ4n) is 0.0430. The second kappa shape index (κ2) is 3.04. The maximum atomic E-state index is 8.22. The van der Waals surface area contributed by atoms with Crippen molar-refractivity contribution < 1.29 is 14.6 Å². The lowest BCUT2D eigenvalue weighted by molar-refractivity contribution is -0.154. The molecule has 0 saturated carbocycles. The van der Waals surface area contributed by atoms with Crippen LogP contribution in [0.1, 0.15) is 0 Å². The van der Waals surface area contributed by atoms with Crippen molar-refractivity contribution in [2.75, 3.05) is 0 Å². The molecule has 4 heteroatoms. The predicted octanol–water partition coefficient (Wildman–Crippen LogP) is -0.586. The zero-order chi connectivity index (χ0) is 4.99. The molecule has 0 aromatic carbocycles. The lowest BCUT2D eigenvalue weighted by atomic mass is 11.3. The highest BCUT2D eigenvalue weighted by molar-refractivity contribution is 6.48. The van der Waals surface area contributed by atoms with Crippen LogP contribution in [0.5, 0.6) is 0 Å². The molecule has 0 aliphatic heterocycles. The summed E-state index contributed by atoms with van der Waals surface area (Å²) in [6.45, 7) is 3.16. The molecule has 0 saturated heterocycles. The Morgan fingerprint density at radius 2 is 2.33 bits per heavy atom. The molecule has 2 N–H and O–H groups in total. The average molecular weight is 106 g/mol. The Labute approximate surface area is 37.3 Å². The number of rotatable bonds is 2. The van der Waals surface area contributed by atoms with Crippen LogP contribution in [0.25, 0.3) is 0 Å². The van der Waals surface area contributed by atoms with Gasteiger partial charge in [-0.25, -0.2) is 0 Å². The first kappa shape index (κ1) is 5.84. The number of hydrogen-bond acceptors (Lipinski definition) is 3. The highest BCUT2D eigenvalue weighted by Crippen LogP contribution is 1.71. The van der Waals surface area contributed by atoms with Crippen molar-refractivity contribution >= 4 is 9.28 Å². The van der Waals surface area contributed by atoms with Crippen LogP contribution in [-0.4, -0.2) is 19.3 Å². The standard InChI is InChI=1S/C2H6O3Si/c1-2-6(4)5-3/h2-4,6H,1H2. The maximum Gasteiger partial charge on any atom is 0.381 e. The van der Waals surface area contributed by atoms with Crippen LogP contribution in [0, 0.1) is 0 Å². The van der Waals surface area contributed by atoms with E-state index in [0.717, 1.165) is 0 Å². The van der Waals surface area contributed by atoms with Gasteiger partial charge < -0.3 is 4.80 Å². The summed E-state index contributed by atoms with van der Waals surface area (Å²) in [7, 11) is -2.34. The van der Waals surface area contributed by atoms with Crippen LogP contribution in [0.4, 0.5) is 0 Å². The Kier molecular flexibility index (Phi) is 2.96. The van der Waals surface area contributed by atoms with E-state index in [1.165, 1.54) is 5.70 Å². The molecule has 0 aliphatic rings. The summed E-state index contributed by atoms with van der Waals surface area (Å²) in [5, 5.41) is 7.58. The molecular weight excluding hydrogens is 100 g/mol. The topological polar surface area (TPSA) is 49.7 Å². The molecule has 3 nitrogen and oxygen atoms in total. The molecule has 1 atom stereocenters. The molecule has 0 aromatic rings. The summed E-state index contributed by atoms with van der Waals surface area (Å²) in [6.07, 6.45) is 0. The third-order valence-corrected chi connectivity index (χ3v) is 0.929. The lowest BCUT2D eigenvalue weighted by Crippen LogP contribution is -2.10. The lowest BCUT2D eigenvalue weighted by Gasteiger charge is -1.90. The molecule has 0 bridgehead atoms. The number of hydrogen-bond donors (Lipinski definition) is 2. The Morgan fingerprint density at radius 3 is 2.33 bits per heavy atom. The van der Waals surface area contributed by atoms with E-state index >= 15 is 0 Å². The molecule has 1 unspecified atom stereocenters. The Bertz CT molecular complexity index is 46.1. The van der Waals surface area contributed by atoms with E-state index in [1.54, 1.807) is 0 Å². The van der Waals surface area contributed by atoms with E-state index in [1.807, 2.05) is 0 Å². The zero-order valence-electron chi connectivity index (χ0n) is 3.16. The van der Waals surface area contributed by atoms with Gasteiger partial charge in [-0.1, -0.05) is 5.70 Å². The average Bonchev–Trinajstić information content (AvgIpc) is 1.65. The summed E-state index contributed by atoms with van der Waals surface area (Å²) < 4.78 is 3.48. The van der Waals surface area contributed by atoms with Gasteiger partial charge in [0, 0.05) is 0 Å². The predicted molar refractivity (Wildman–Crippen MR) is 23.3 cm³/mol. The largest absolute Gasteiger partial charge is 0.408 e. The van der Waals surface area contributed by atoms with Gasteiger partial charge in [-0.05, 0) is 0 Å². The molecule has 0 radical (unpaired) electrons. The Hall–Kier alpha value is -0.163. The van der Waals surface area contributed by atoms with Crippen LogP contribution in [-0.2, 0) is 4.58 Å². The first-order valence-corrected chi connectivity index (χ1v) is 3.07. The fourth-order valence-corrected chi connectivity index (χ4v) is 0.129. The van der Waals surface area contributed by atoms with Gasteiger partial charge in [0.2, 0.25) is 0 Å². The second-order valence-electron chi connectivity index (χ2n) is 0.732. The molecule has 0 rings (SSSR count). The van der Waals surface area contributed by atoms with Gasteiger partial charge in [-0.3, -0.25) is 9.83 Å². The quantitative estimate of drug-likeness (QED) is 0.281. The van der Waals surface area contributed by atoms with Gasteiger partial charge >= 0.3 is 9.28 Å². The van der Waals surface area contributed by atoms with Crippen molar-refractivity contribution in [2.24, 2.45) is 0 Å². The first-order valence-electron chi connectivity index (χ1n) is 1.42. The van der Waals surface area contributed by atoms with Gasteiger partial charge in [0.05, 0.1) is 0 Å². The van der Waals surface area contributed by atoms with Crippen molar-refractivity contribution in [2.45, 2.75) is 0 Å². The zero-order valence-corrected chi connectivity index (χ0v) is 4.32. The smallest absolute Gasteiger partial charge is 0.381 e. The van der Waals surface area contributed by atoms with Gasteiger partial charge in [-0.2, -0.15) is 0 Å². The van der Waals surface area contributed by atoms with Crippen LogP contribution >= 0.6 is 0 Å². The Balaban J connectivity index is 2.96. The summed E-state index contributed by atoms with van der Waals surface area (Å²) in [5.74, 6) is 0. The summed E-state index contributed by atoms with van der Waals surface area (Å²) in [6, 6.07) is 0. The first-order chi connectivity index (χ1) is 2.81. The van der Waals surface area contributed by atoms with E-state index in [-0.39, 0.29) is 0 Å². The molecule has 0 aliphatic carbocycles. The van der Waals surface area contributed by atoms with E-state index in [2.05, 4.69) is 11.2 Å². The minimum absolute atomic E-state index is 1.19. The van der Waals surface area contributed by atoms with Gasteiger partial charge in [-0.15, -0.1) is 6.58 Å². The van der Waals surface area contributed by atoms with E-state index in [9.17, 15) is 0 Å². The van der Waals surface area contributed by atoms with Crippen LogP contribution in [0.3, 0.4) is 0 Å². The minimum atomic E-state index is -2.34. The third-order valence-electron chi connectivity index (χ3n) is 0.310. The van der Waals surface area contributed by atoms with Crippen molar-refractivity contribution in [3.05, 3.63) is 12.3 Å². The molecular formula is C2H6O3Si. The van der Waals surface area contributed by atoms with E-state index in [0.29, 0.717) is 0 Å². The molecule has 6 heavy (non-hydrogen) atoms. The normalized spacial score (nSPS) is 13.7. The Morgan fingerprint density at radius 1 is 1.83 bits per heavy atom. The maximum absolute atomic E-state index is 8.22.